The zero-order valence-electron chi connectivity index (χ0n) is 15.5. The van der Waals surface area contributed by atoms with E-state index in [0.29, 0.717) is 12.4 Å². The Labute approximate surface area is 172 Å². The lowest BCUT2D eigenvalue weighted by atomic mass is 10.1. The molecule has 4 rings (SSSR count). The van der Waals surface area contributed by atoms with Gasteiger partial charge in [-0.25, -0.2) is 9.37 Å². The molecule has 0 bridgehead atoms. The van der Waals surface area contributed by atoms with Gasteiger partial charge in [0.25, 0.3) is 0 Å². The maximum Gasteiger partial charge on any atom is 0.203 e. The van der Waals surface area contributed by atoms with E-state index in [4.69, 9.17) is 4.74 Å². The number of aromatic nitrogens is 1. The first-order valence-electron chi connectivity index (χ1n) is 9.04. The third kappa shape index (κ3) is 5.06. The fourth-order valence-electron chi connectivity index (χ4n) is 2.71. The Morgan fingerprint density at radius 2 is 1.72 bits per heavy atom. The van der Waals surface area contributed by atoms with E-state index in [-0.39, 0.29) is 5.82 Å². The number of rotatable bonds is 7. The van der Waals surface area contributed by atoms with Crippen LogP contribution in [0.1, 0.15) is 11.1 Å². The zero-order valence-corrected chi connectivity index (χ0v) is 16.3. The van der Waals surface area contributed by atoms with Crippen LogP contribution in [0, 0.1) is 5.82 Å². The lowest BCUT2D eigenvalue weighted by Crippen LogP contribution is -2.00. The van der Waals surface area contributed by atoms with Crippen molar-refractivity contribution >= 4 is 22.7 Å². The molecule has 4 aromatic rings. The largest absolute Gasteiger partial charge is 0.489 e. The SMILES string of the molecule is Fc1ccc(OCc2ccccc2C=NNc2nc(-c3ccccc3)cs2)cc1. The maximum atomic E-state index is 13.0. The Hall–Kier alpha value is -3.51. The number of thiazole rings is 1. The Morgan fingerprint density at radius 3 is 2.55 bits per heavy atom. The van der Waals surface area contributed by atoms with Gasteiger partial charge in [-0.3, -0.25) is 5.43 Å². The van der Waals surface area contributed by atoms with Crippen LogP contribution >= 0.6 is 11.3 Å². The van der Waals surface area contributed by atoms with Gasteiger partial charge in [-0.05, 0) is 29.8 Å². The van der Waals surface area contributed by atoms with Crippen LogP contribution in [0.5, 0.6) is 5.75 Å². The van der Waals surface area contributed by atoms with Gasteiger partial charge >= 0.3 is 0 Å². The van der Waals surface area contributed by atoms with E-state index in [9.17, 15) is 4.39 Å². The molecule has 6 heteroatoms. The summed E-state index contributed by atoms with van der Waals surface area (Å²) in [7, 11) is 0. The standard InChI is InChI=1S/C23H18FN3OS/c24-20-10-12-21(13-11-20)28-15-19-9-5-4-8-18(19)14-25-27-23-26-22(16-29-23)17-6-2-1-3-7-17/h1-14,16H,15H2,(H,26,27). The minimum Gasteiger partial charge on any atom is -0.489 e. The summed E-state index contributed by atoms with van der Waals surface area (Å²) in [5, 5.41) is 7.03. The minimum atomic E-state index is -0.284. The molecule has 0 saturated carbocycles. The summed E-state index contributed by atoms with van der Waals surface area (Å²) in [6.45, 7) is 0.364. The number of benzene rings is 3. The topological polar surface area (TPSA) is 46.5 Å². The molecule has 0 fully saturated rings. The van der Waals surface area contributed by atoms with Gasteiger partial charge in [0.2, 0.25) is 5.13 Å². The summed E-state index contributed by atoms with van der Waals surface area (Å²) in [5.74, 6) is 0.334. The third-order valence-corrected chi connectivity index (χ3v) is 4.95. The Kier molecular flexibility index (Phi) is 5.92. The van der Waals surface area contributed by atoms with Crippen molar-refractivity contribution in [1.82, 2.24) is 4.98 Å². The third-order valence-electron chi connectivity index (χ3n) is 4.20. The first-order chi connectivity index (χ1) is 14.3. The van der Waals surface area contributed by atoms with Crippen molar-refractivity contribution in [2.24, 2.45) is 5.10 Å². The van der Waals surface area contributed by atoms with Crippen LogP contribution < -0.4 is 10.2 Å². The van der Waals surface area contributed by atoms with E-state index in [1.807, 2.05) is 60.0 Å². The molecular weight excluding hydrogens is 385 g/mol. The molecule has 1 N–H and O–H groups in total. The van der Waals surface area contributed by atoms with Gasteiger partial charge in [0.15, 0.2) is 0 Å². The first-order valence-corrected chi connectivity index (χ1v) is 9.92. The van der Waals surface area contributed by atoms with Crippen molar-refractivity contribution in [2.45, 2.75) is 6.61 Å². The van der Waals surface area contributed by atoms with E-state index in [1.165, 1.54) is 23.5 Å². The van der Waals surface area contributed by atoms with Gasteiger partial charge in [0, 0.05) is 16.5 Å². The Balaban J connectivity index is 1.40. The van der Waals surface area contributed by atoms with Crippen LogP contribution in [0.4, 0.5) is 9.52 Å². The van der Waals surface area contributed by atoms with E-state index in [2.05, 4.69) is 15.5 Å². The molecule has 0 unspecified atom stereocenters. The molecule has 0 aliphatic rings. The molecule has 0 aliphatic carbocycles. The lowest BCUT2D eigenvalue weighted by molar-refractivity contribution is 0.305. The van der Waals surface area contributed by atoms with E-state index >= 15 is 0 Å². The van der Waals surface area contributed by atoms with Gasteiger partial charge in [0.05, 0.1) is 11.9 Å². The number of nitrogens with one attached hydrogen (secondary N) is 1. The predicted octanol–water partition coefficient (Wildman–Crippen LogP) is 5.97. The molecule has 1 heterocycles. The molecule has 0 spiro atoms. The highest BCUT2D eigenvalue weighted by molar-refractivity contribution is 7.14. The fraction of sp³-hybridized carbons (Fsp3) is 0.0435. The van der Waals surface area contributed by atoms with Crippen LogP contribution in [-0.2, 0) is 6.61 Å². The molecule has 0 atom stereocenters. The molecule has 144 valence electrons. The molecular formula is C23H18FN3OS. The summed E-state index contributed by atoms with van der Waals surface area (Å²) in [4.78, 5) is 4.56. The summed E-state index contributed by atoms with van der Waals surface area (Å²) < 4.78 is 18.8. The van der Waals surface area contributed by atoms with E-state index < -0.39 is 0 Å². The van der Waals surface area contributed by atoms with Crippen molar-refractivity contribution in [1.29, 1.82) is 0 Å². The highest BCUT2D eigenvalue weighted by atomic mass is 32.1. The van der Waals surface area contributed by atoms with Gasteiger partial charge in [-0.1, -0.05) is 54.6 Å². The van der Waals surface area contributed by atoms with Crippen LogP contribution in [0.15, 0.2) is 89.3 Å². The van der Waals surface area contributed by atoms with Crippen LogP contribution in [0.3, 0.4) is 0 Å². The smallest absolute Gasteiger partial charge is 0.203 e. The normalized spacial score (nSPS) is 10.9. The highest BCUT2D eigenvalue weighted by Gasteiger charge is 2.04. The Morgan fingerprint density at radius 1 is 0.966 bits per heavy atom. The Bertz CT molecular complexity index is 1090. The molecule has 4 nitrogen and oxygen atoms in total. The molecule has 0 amide bonds. The summed E-state index contributed by atoms with van der Waals surface area (Å²) in [6, 6.07) is 23.8. The van der Waals surface area contributed by atoms with Crippen molar-refractivity contribution in [2.75, 3.05) is 5.43 Å². The van der Waals surface area contributed by atoms with E-state index in [0.717, 1.165) is 27.5 Å². The minimum absolute atomic E-state index is 0.284. The number of anilines is 1. The molecule has 0 radical (unpaired) electrons. The number of hydrazone groups is 1. The average molecular weight is 403 g/mol. The van der Waals surface area contributed by atoms with Crippen LogP contribution in [-0.4, -0.2) is 11.2 Å². The number of hydrogen-bond acceptors (Lipinski definition) is 5. The number of nitrogens with zero attached hydrogens (tertiary/aromatic N) is 2. The number of ether oxygens (including phenoxy) is 1. The quantitative estimate of drug-likeness (QED) is 0.305. The fourth-order valence-corrected chi connectivity index (χ4v) is 3.38. The summed E-state index contributed by atoms with van der Waals surface area (Å²) in [6.07, 6.45) is 1.74. The van der Waals surface area contributed by atoms with Gasteiger partial charge in [-0.2, -0.15) is 5.10 Å². The zero-order chi connectivity index (χ0) is 19.9. The first kappa shape index (κ1) is 18.8. The maximum absolute atomic E-state index is 13.0. The lowest BCUT2D eigenvalue weighted by Gasteiger charge is -2.08. The molecule has 3 aromatic carbocycles. The van der Waals surface area contributed by atoms with Crippen molar-refractivity contribution in [3.63, 3.8) is 0 Å². The average Bonchev–Trinajstić information content (AvgIpc) is 3.24. The second-order valence-electron chi connectivity index (χ2n) is 6.22. The van der Waals surface area contributed by atoms with Crippen molar-refractivity contribution in [3.05, 3.63) is 101 Å². The summed E-state index contributed by atoms with van der Waals surface area (Å²) >= 11 is 1.50. The summed E-state index contributed by atoms with van der Waals surface area (Å²) in [5.41, 5.74) is 6.89. The van der Waals surface area contributed by atoms with Crippen LogP contribution in [0.2, 0.25) is 0 Å². The van der Waals surface area contributed by atoms with Gasteiger partial charge < -0.3 is 4.74 Å². The van der Waals surface area contributed by atoms with Crippen LogP contribution in [0.25, 0.3) is 11.3 Å². The second kappa shape index (κ2) is 9.12. The van der Waals surface area contributed by atoms with Crippen molar-refractivity contribution in [3.8, 4) is 17.0 Å². The number of halogens is 1. The number of hydrogen-bond donors (Lipinski definition) is 1. The molecule has 1 aromatic heterocycles. The van der Waals surface area contributed by atoms with Gasteiger partial charge in [-0.15, -0.1) is 11.3 Å². The second-order valence-corrected chi connectivity index (χ2v) is 7.07. The van der Waals surface area contributed by atoms with E-state index in [1.54, 1.807) is 18.3 Å². The van der Waals surface area contributed by atoms with Gasteiger partial charge in [0.1, 0.15) is 18.2 Å². The highest BCUT2D eigenvalue weighted by Crippen LogP contribution is 2.24. The van der Waals surface area contributed by atoms with Crippen molar-refractivity contribution < 1.29 is 9.13 Å². The predicted molar refractivity (Wildman–Crippen MR) is 116 cm³/mol. The molecule has 0 saturated heterocycles. The molecule has 29 heavy (non-hydrogen) atoms. The molecule has 0 aliphatic heterocycles. The monoisotopic (exact) mass is 403 g/mol.